The fraction of sp³-hybridized carbons (Fsp3) is 0. The van der Waals surface area contributed by atoms with Crippen molar-refractivity contribution in [1.82, 2.24) is 4.98 Å². The zero-order chi connectivity index (χ0) is 12.6. The average molecular weight is 250 g/mol. The van der Waals surface area contributed by atoms with E-state index in [2.05, 4.69) is 4.98 Å². The standard InChI is InChI=1S/C11H6ClNO4/c12-5-1-2-8-6(3-5)7(10(14)15)4-9(13-8)11(16)17/h1-4H,(H,14,15)(H,16,17)/p-2. The fourth-order valence-electron chi connectivity index (χ4n) is 1.47. The van der Waals surface area contributed by atoms with Crippen molar-refractivity contribution in [2.75, 3.05) is 0 Å². The van der Waals surface area contributed by atoms with Crippen LogP contribution in [0.25, 0.3) is 10.9 Å². The van der Waals surface area contributed by atoms with Crippen LogP contribution in [0.15, 0.2) is 24.3 Å². The van der Waals surface area contributed by atoms with Crippen LogP contribution >= 0.6 is 11.6 Å². The predicted molar refractivity (Wildman–Crippen MR) is 55.4 cm³/mol. The first-order chi connectivity index (χ1) is 7.99. The molecule has 17 heavy (non-hydrogen) atoms. The minimum absolute atomic E-state index is 0.204. The Balaban J connectivity index is 2.86. The van der Waals surface area contributed by atoms with Gasteiger partial charge in [-0.1, -0.05) is 11.6 Å². The molecular formula is C11H4ClNO4-2. The molecule has 1 aromatic heterocycles. The zero-order valence-corrected chi connectivity index (χ0v) is 9.02. The zero-order valence-electron chi connectivity index (χ0n) is 8.27. The van der Waals surface area contributed by atoms with E-state index in [1.54, 1.807) is 0 Å². The highest BCUT2D eigenvalue weighted by Gasteiger charge is 2.08. The quantitative estimate of drug-likeness (QED) is 0.723. The van der Waals surface area contributed by atoms with Crippen LogP contribution in [0.2, 0.25) is 5.02 Å². The monoisotopic (exact) mass is 249 g/mol. The number of fused-ring (bicyclic) bond motifs is 1. The highest BCUT2D eigenvalue weighted by molar-refractivity contribution is 6.31. The number of carbonyl (C=O) groups is 2. The van der Waals surface area contributed by atoms with Gasteiger partial charge in [-0.2, -0.15) is 0 Å². The van der Waals surface area contributed by atoms with Crippen molar-refractivity contribution >= 4 is 34.4 Å². The van der Waals surface area contributed by atoms with E-state index in [4.69, 9.17) is 11.6 Å². The molecule has 86 valence electrons. The fourth-order valence-corrected chi connectivity index (χ4v) is 1.64. The lowest BCUT2D eigenvalue weighted by Crippen LogP contribution is -2.27. The molecule has 6 heteroatoms. The second kappa shape index (κ2) is 4.03. The first-order valence-corrected chi connectivity index (χ1v) is 4.90. The Morgan fingerprint density at radius 3 is 2.41 bits per heavy atom. The Morgan fingerprint density at radius 1 is 1.12 bits per heavy atom. The maximum Gasteiger partial charge on any atom is 0.0900 e. The van der Waals surface area contributed by atoms with Crippen LogP contribution in [0.3, 0.4) is 0 Å². The predicted octanol–water partition coefficient (Wildman–Crippen LogP) is -0.385. The third-order valence-corrected chi connectivity index (χ3v) is 2.43. The molecule has 0 aliphatic rings. The molecule has 0 unspecified atom stereocenters. The number of rotatable bonds is 2. The van der Waals surface area contributed by atoms with Gasteiger partial charge in [-0.25, -0.2) is 4.98 Å². The van der Waals surface area contributed by atoms with Crippen molar-refractivity contribution in [3.63, 3.8) is 0 Å². The topological polar surface area (TPSA) is 93.1 Å². The van der Waals surface area contributed by atoms with E-state index in [9.17, 15) is 19.8 Å². The van der Waals surface area contributed by atoms with Gasteiger partial charge >= 0.3 is 0 Å². The number of halogens is 1. The number of hydrogen-bond donors (Lipinski definition) is 0. The summed E-state index contributed by atoms with van der Waals surface area (Å²) in [6.07, 6.45) is 0. The molecule has 0 amide bonds. The average Bonchev–Trinajstić information content (AvgIpc) is 2.27. The van der Waals surface area contributed by atoms with E-state index in [0.29, 0.717) is 5.02 Å². The van der Waals surface area contributed by atoms with Gasteiger partial charge in [-0.3, -0.25) is 0 Å². The molecule has 0 saturated carbocycles. The lowest BCUT2D eigenvalue weighted by atomic mass is 10.1. The SMILES string of the molecule is O=C([O-])c1cc(C(=O)[O-])c2cc(Cl)ccc2n1. The summed E-state index contributed by atoms with van der Waals surface area (Å²) in [5.41, 5.74) is -0.536. The molecule has 0 aliphatic carbocycles. The van der Waals surface area contributed by atoms with Gasteiger partial charge in [0.15, 0.2) is 0 Å². The first-order valence-electron chi connectivity index (χ1n) is 4.52. The van der Waals surface area contributed by atoms with E-state index in [1.165, 1.54) is 18.2 Å². The number of aromatic nitrogens is 1. The maximum atomic E-state index is 10.9. The maximum absolute atomic E-state index is 10.9. The molecule has 2 rings (SSSR count). The number of nitrogens with zero attached hydrogens (tertiary/aromatic N) is 1. The van der Waals surface area contributed by atoms with Gasteiger partial charge in [0.25, 0.3) is 0 Å². The van der Waals surface area contributed by atoms with Crippen molar-refractivity contribution < 1.29 is 19.8 Å². The molecule has 1 heterocycles. The highest BCUT2D eigenvalue weighted by atomic mass is 35.5. The van der Waals surface area contributed by atoms with Gasteiger partial charge in [-0.15, -0.1) is 0 Å². The number of carboxylic acid groups (broad SMARTS) is 2. The van der Waals surface area contributed by atoms with E-state index in [-0.39, 0.29) is 16.5 Å². The Bertz CT molecular complexity index is 639. The minimum atomic E-state index is -1.55. The normalized spacial score (nSPS) is 10.4. The van der Waals surface area contributed by atoms with Crippen molar-refractivity contribution in [2.24, 2.45) is 0 Å². The molecule has 0 bridgehead atoms. The molecule has 0 saturated heterocycles. The molecule has 0 aliphatic heterocycles. The summed E-state index contributed by atoms with van der Waals surface area (Å²) in [4.78, 5) is 25.3. The van der Waals surface area contributed by atoms with Gasteiger partial charge in [0, 0.05) is 16.0 Å². The van der Waals surface area contributed by atoms with Gasteiger partial charge < -0.3 is 19.8 Å². The summed E-state index contributed by atoms with van der Waals surface area (Å²) >= 11 is 5.73. The van der Waals surface area contributed by atoms with Crippen LogP contribution in [-0.2, 0) is 0 Å². The van der Waals surface area contributed by atoms with Crippen LogP contribution in [0, 0.1) is 0 Å². The van der Waals surface area contributed by atoms with Crippen molar-refractivity contribution in [2.45, 2.75) is 0 Å². The molecule has 0 spiro atoms. The highest BCUT2D eigenvalue weighted by Crippen LogP contribution is 2.22. The Labute approximate surface area is 100 Å². The van der Waals surface area contributed by atoms with Crippen molar-refractivity contribution in [3.8, 4) is 0 Å². The molecule has 0 atom stereocenters. The van der Waals surface area contributed by atoms with Gasteiger partial charge in [0.1, 0.15) is 0 Å². The van der Waals surface area contributed by atoms with E-state index < -0.39 is 17.6 Å². The largest absolute Gasteiger partial charge is 0.545 e. The summed E-state index contributed by atoms with van der Waals surface area (Å²) in [6, 6.07) is 5.18. The van der Waals surface area contributed by atoms with Crippen LogP contribution in [-0.4, -0.2) is 16.9 Å². The molecule has 1 aromatic carbocycles. The molecule has 0 fully saturated rings. The Hall–Kier alpha value is -2.14. The van der Waals surface area contributed by atoms with Crippen LogP contribution < -0.4 is 10.2 Å². The summed E-state index contributed by atoms with van der Waals surface area (Å²) in [7, 11) is 0. The third-order valence-electron chi connectivity index (χ3n) is 2.20. The van der Waals surface area contributed by atoms with Crippen LogP contribution in [0.1, 0.15) is 20.8 Å². The number of benzene rings is 1. The van der Waals surface area contributed by atoms with Crippen molar-refractivity contribution in [3.05, 3.63) is 40.5 Å². The minimum Gasteiger partial charge on any atom is -0.545 e. The second-order valence-electron chi connectivity index (χ2n) is 3.29. The molecule has 5 nitrogen and oxygen atoms in total. The smallest absolute Gasteiger partial charge is 0.0900 e. The number of pyridine rings is 1. The first kappa shape index (κ1) is 11.3. The molecule has 0 radical (unpaired) electrons. The number of carboxylic acids is 2. The Kier molecular flexibility index (Phi) is 2.69. The second-order valence-corrected chi connectivity index (χ2v) is 3.73. The van der Waals surface area contributed by atoms with Crippen LogP contribution in [0.5, 0.6) is 0 Å². The number of carbonyl (C=O) groups excluding carboxylic acids is 2. The molecule has 0 N–H and O–H groups in total. The van der Waals surface area contributed by atoms with Gasteiger partial charge in [0.05, 0.1) is 23.1 Å². The van der Waals surface area contributed by atoms with E-state index in [1.807, 2.05) is 0 Å². The molecule has 2 aromatic rings. The summed E-state index contributed by atoms with van der Waals surface area (Å²) < 4.78 is 0. The third kappa shape index (κ3) is 2.05. The van der Waals surface area contributed by atoms with Gasteiger partial charge in [-0.05, 0) is 24.3 Å². The number of hydrogen-bond acceptors (Lipinski definition) is 5. The van der Waals surface area contributed by atoms with E-state index >= 15 is 0 Å². The summed E-state index contributed by atoms with van der Waals surface area (Å²) in [6.45, 7) is 0. The number of aromatic carboxylic acids is 2. The van der Waals surface area contributed by atoms with E-state index in [0.717, 1.165) is 6.07 Å². The summed E-state index contributed by atoms with van der Waals surface area (Å²) in [5.74, 6) is -3.05. The van der Waals surface area contributed by atoms with Gasteiger partial charge in [0.2, 0.25) is 0 Å². The van der Waals surface area contributed by atoms with Crippen LogP contribution in [0.4, 0.5) is 0 Å². The molecular weight excluding hydrogens is 246 g/mol. The summed E-state index contributed by atoms with van der Waals surface area (Å²) in [5, 5.41) is 22.1. The van der Waals surface area contributed by atoms with Crippen molar-refractivity contribution in [1.29, 1.82) is 0 Å². The Morgan fingerprint density at radius 2 is 1.82 bits per heavy atom. The lowest BCUT2D eigenvalue weighted by molar-refractivity contribution is -0.255. The lowest BCUT2D eigenvalue weighted by Gasteiger charge is -2.10.